The van der Waals surface area contributed by atoms with E-state index >= 15 is 0 Å². The van der Waals surface area contributed by atoms with E-state index < -0.39 is 0 Å². The summed E-state index contributed by atoms with van der Waals surface area (Å²) in [6.45, 7) is 2.33. The third-order valence-electron chi connectivity index (χ3n) is 1.71. The molecular weight excluding hydrogens is 187 g/mol. The summed E-state index contributed by atoms with van der Waals surface area (Å²) in [4.78, 5) is 0.622. The molecular formula is C9H13FN2S. The molecule has 0 aliphatic carbocycles. The van der Waals surface area contributed by atoms with E-state index in [0.29, 0.717) is 17.1 Å². The van der Waals surface area contributed by atoms with Crippen LogP contribution in [0.3, 0.4) is 0 Å². The number of hydrogen-bond acceptors (Lipinski definition) is 3. The number of benzene rings is 1. The van der Waals surface area contributed by atoms with Gasteiger partial charge in [-0.1, -0.05) is 6.92 Å². The van der Waals surface area contributed by atoms with E-state index in [1.54, 1.807) is 6.07 Å². The van der Waals surface area contributed by atoms with E-state index in [9.17, 15) is 4.39 Å². The lowest BCUT2D eigenvalue weighted by atomic mass is 10.2. The lowest BCUT2D eigenvalue weighted by Gasteiger charge is -2.07. The zero-order chi connectivity index (χ0) is 9.84. The number of nitrogens with two attached hydrogens (primary N) is 2. The molecule has 1 rings (SSSR count). The normalized spacial score (nSPS) is 10.4. The molecule has 0 bridgehead atoms. The minimum atomic E-state index is -0.262. The molecule has 0 saturated heterocycles. The monoisotopic (exact) mass is 200 g/mol. The van der Waals surface area contributed by atoms with Crippen LogP contribution in [-0.4, -0.2) is 5.75 Å². The maximum Gasteiger partial charge on any atom is 0.138 e. The summed E-state index contributed by atoms with van der Waals surface area (Å²) in [6.07, 6.45) is 0. The van der Waals surface area contributed by atoms with Gasteiger partial charge in [0.2, 0.25) is 0 Å². The molecule has 1 aromatic carbocycles. The highest BCUT2D eigenvalue weighted by molar-refractivity contribution is 7.99. The van der Waals surface area contributed by atoms with Crippen LogP contribution in [0.25, 0.3) is 0 Å². The van der Waals surface area contributed by atoms with E-state index in [2.05, 4.69) is 0 Å². The number of thioether (sulfide) groups is 1. The molecule has 1 aromatic rings. The van der Waals surface area contributed by atoms with Crippen molar-refractivity contribution in [3.63, 3.8) is 0 Å². The standard InChI is InChI=1S/C9H13FN2S/c1-2-13-9-3-6(5-11)8(12)4-7(9)10/h3-4H,2,5,11-12H2,1H3. The number of rotatable bonds is 3. The fourth-order valence-corrected chi connectivity index (χ4v) is 1.79. The minimum Gasteiger partial charge on any atom is -0.398 e. The van der Waals surface area contributed by atoms with E-state index in [1.807, 2.05) is 6.92 Å². The van der Waals surface area contributed by atoms with Crippen molar-refractivity contribution in [1.29, 1.82) is 0 Å². The molecule has 0 unspecified atom stereocenters. The van der Waals surface area contributed by atoms with Crippen molar-refractivity contribution >= 4 is 17.4 Å². The maximum absolute atomic E-state index is 13.2. The van der Waals surface area contributed by atoms with Crippen LogP contribution in [0.5, 0.6) is 0 Å². The van der Waals surface area contributed by atoms with Gasteiger partial charge in [0.1, 0.15) is 5.82 Å². The van der Waals surface area contributed by atoms with Gasteiger partial charge in [0.05, 0.1) is 0 Å². The van der Waals surface area contributed by atoms with Crippen molar-refractivity contribution in [3.8, 4) is 0 Å². The maximum atomic E-state index is 13.2. The van der Waals surface area contributed by atoms with Crippen LogP contribution in [-0.2, 0) is 6.54 Å². The van der Waals surface area contributed by atoms with Gasteiger partial charge in [-0.25, -0.2) is 4.39 Å². The molecule has 0 spiro atoms. The Hall–Kier alpha value is -0.740. The van der Waals surface area contributed by atoms with Crippen LogP contribution in [0.4, 0.5) is 10.1 Å². The molecule has 0 aromatic heterocycles. The van der Waals surface area contributed by atoms with Gasteiger partial charge in [-0.05, 0) is 23.4 Å². The molecule has 2 nitrogen and oxygen atoms in total. The number of halogens is 1. The van der Waals surface area contributed by atoms with Gasteiger partial charge in [0.15, 0.2) is 0 Å². The van der Waals surface area contributed by atoms with Crippen LogP contribution in [0, 0.1) is 5.82 Å². The lowest BCUT2D eigenvalue weighted by molar-refractivity contribution is 0.601. The third-order valence-corrected chi connectivity index (χ3v) is 2.63. The molecule has 0 heterocycles. The first kappa shape index (κ1) is 10.3. The van der Waals surface area contributed by atoms with E-state index in [4.69, 9.17) is 11.5 Å². The predicted molar refractivity (Wildman–Crippen MR) is 55.1 cm³/mol. The second-order valence-corrected chi connectivity index (χ2v) is 3.92. The highest BCUT2D eigenvalue weighted by Crippen LogP contribution is 2.26. The van der Waals surface area contributed by atoms with Crippen molar-refractivity contribution < 1.29 is 4.39 Å². The molecule has 0 aliphatic heterocycles. The fraction of sp³-hybridized carbons (Fsp3) is 0.333. The van der Waals surface area contributed by atoms with Gasteiger partial charge in [-0.2, -0.15) is 0 Å². The second-order valence-electron chi connectivity index (χ2n) is 2.62. The van der Waals surface area contributed by atoms with Gasteiger partial charge in [-0.15, -0.1) is 11.8 Å². The Bertz CT molecular complexity index is 302. The highest BCUT2D eigenvalue weighted by atomic mass is 32.2. The Balaban J connectivity index is 3.06. The quantitative estimate of drug-likeness (QED) is 0.579. The summed E-state index contributed by atoms with van der Waals surface area (Å²) < 4.78 is 13.2. The highest BCUT2D eigenvalue weighted by Gasteiger charge is 2.06. The van der Waals surface area contributed by atoms with Gasteiger partial charge in [0, 0.05) is 17.1 Å². The molecule has 72 valence electrons. The van der Waals surface area contributed by atoms with E-state index in [1.165, 1.54) is 17.8 Å². The number of anilines is 1. The molecule has 4 N–H and O–H groups in total. The first-order valence-corrected chi connectivity index (χ1v) is 5.08. The molecule has 0 amide bonds. The Morgan fingerprint density at radius 3 is 2.69 bits per heavy atom. The second kappa shape index (κ2) is 4.48. The first-order valence-electron chi connectivity index (χ1n) is 4.09. The van der Waals surface area contributed by atoms with Gasteiger partial charge < -0.3 is 11.5 Å². The molecule has 13 heavy (non-hydrogen) atoms. The number of hydrogen-bond donors (Lipinski definition) is 2. The topological polar surface area (TPSA) is 52.0 Å². The zero-order valence-corrected chi connectivity index (χ0v) is 8.33. The molecule has 0 aliphatic rings. The lowest BCUT2D eigenvalue weighted by Crippen LogP contribution is -2.02. The Labute approximate surface area is 81.5 Å². The Morgan fingerprint density at radius 1 is 1.46 bits per heavy atom. The van der Waals surface area contributed by atoms with Crippen molar-refractivity contribution in [3.05, 3.63) is 23.5 Å². The first-order chi connectivity index (χ1) is 6.19. The van der Waals surface area contributed by atoms with Gasteiger partial charge in [-0.3, -0.25) is 0 Å². The van der Waals surface area contributed by atoms with Crippen LogP contribution in [0.15, 0.2) is 17.0 Å². The van der Waals surface area contributed by atoms with Crippen LogP contribution >= 0.6 is 11.8 Å². The average molecular weight is 200 g/mol. The summed E-state index contributed by atoms with van der Waals surface area (Å²) in [6, 6.07) is 3.05. The van der Waals surface area contributed by atoms with Gasteiger partial charge >= 0.3 is 0 Å². The zero-order valence-electron chi connectivity index (χ0n) is 7.51. The van der Waals surface area contributed by atoms with Crippen LogP contribution < -0.4 is 11.5 Å². The van der Waals surface area contributed by atoms with Crippen LogP contribution in [0.2, 0.25) is 0 Å². The minimum absolute atomic E-state index is 0.262. The summed E-state index contributed by atoms with van der Waals surface area (Å²) in [5.74, 6) is 0.576. The number of nitrogen functional groups attached to an aromatic ring is 1. The van der Waals surface area contributed by atoms with Crippen LogP contribution in [0.1, 0.15) is 12.5 Å². The van der Waals surface area contributed by atoms with Gasteiger partial charge in [0.25, 0.3) is 0 Å². The summed E-state index contributed by atoms with van der Waals surface area (Å²) in [7, 11) is 0. The Morgan fingerprint density at radius 2 is 2.15 bits per heavy atom. The van der Waals surface area contributed by atoms with Crippen molar-refractivity contribution in [1.82, 2.24) is 0 Å². The van der Waals surface area contributed by atoms with Crippen molar-refractivity contribution in [2.45, 2.75) is 18.4 Å². The largest absolute Gasteiger partial charge is 0.398 e. The summed E-state index contributed by atoms with van der Waals surface area (Å²) in [5, 5.41) is 0. The average Bonchev–Trinajstić information content (AvgIpc) is 2.10. The predicted octanol–water partition coefficient (Wildman–Crippen LogP) is 1.98. The molecule has 0 fully saturated rings. The van der Waals surface area contributed by atoms with E-state index in [-0.39, 0.29) is 5.82 Å². The molecule has 0 saturated carbocycles. The smallest absolute Gasteiger partial charge is 0.138 e. The SMILES string of the molecule is CCSc1cc(CN)c(N)cc1F. The van der Waals surface area contributed by atoms with Crippen molar-refractivity contribution in [2.75, 3.05) is 11.5 Å². The third kappa shape index (κ3) is 2.35. The fourth-order valence-electron chi connectivity index (χ4n) is 1.05. The van der Waals surface area contributed by atoms with E-state index in [0.717, 1.165) is 11.3 Å². The molecule has 0 atom stereocenters. The molecule has 0 radical (unpaired) electrons. The van der Waals surface area contributed by atoms with Crippen molar-refractivity contribution in [2.24, 2.45) is 5.73 Å². The summed E-state index contributed by atoms with van der Waals surface area (Å²) >= 11 is 1.45. The Kier molecular flexibility index (Phi) is 3.57. The molecule has 4 heteroatoms. The summed E-state index contributed by atoms with van der Waals surface area (Å²) in [5.41, 5.74) is 12.3.